The van der Waals surface area contributed by atoms with E-state index in [4.69, 9.17) is 9.47 Å². The predicted octanol–water partition coefficient (Wildman–Crippen LogP) is 1.40. The van der Waals surface area contributed by atoms with Crippen molar-refractivity contribution < 1.29 is 19.1 Å². The largest absolute Gasteiger partial charge is 0.382 e. The molecule has 1 unspecified atom stereocenters. The van der Waals surface area contributed by atoms with Crippen molar-refractivity contribution in [2.75, 3.05) is 33.5 Å². The molecule has 0 saturated carbocycles. The molecule has 1 aromatic carbocycles. The number of ether oxygens (including phenoxy) is 2. The SMILES string of the molecule is CCOCCCNC(=O)Cn1c(C(C)NC(=O)COC)nc2ccccc21. The maximum absolute atomic E-state index is 12.4. The van der Waals surface area contributed by atoms with E-state index in [9.17, 15) is 9.59 Å². The molecular weight excluding hydrogens is 348 g/mol. The number of amides is 2. The van der Waals surface area contributed by atoms with E-state index in [1.807, 2.05) is 42.7 Å². The van der Waals surface area contributed by atoms with Crippen LogP contribution in [0.3, 0.4) is 0 Å². The van der Waals surface area contributed by atoms with E-state index < -0.39 is 0 Å². The Morgan fingerprint density at radius 2 is 2.04 bits per heavy atom. The van der Waals surface area contributed by atoms with Gasteiger partial charge in [0.1, 0.15) is 19.0 Å². The van der Waals surface area contributed by atoms with Gasteiger partial charge in [-0.1, -0.05) is 12.1 Å². The van der Waals surface area contributed by atoms with Crippen molar-refractivity contribution in [1.82, 2.24) is 20.2 Å². The molecule has 2 rings (SSSR count). The zero-order valence-corrected chi connectivity index (χ0v) is 16.2. The monoisotopic (exact) mass is 376 g/mol. The van der Waals surface area contributed by atoms with Gasteiger partial charge in [-0.3, -0.25) is 9.59 Å². The minimum atomic E-state index is -0.356. The van der Waals surface area contributed by atoms with Crippen molar-refractivity contribution in [2.45, 2.75) is 32.9 Å². The first-order valence-corrected chi connectivity index (χ1v) is 9.14. The van der Waals surface area contributed by atoms with Crippen LogP contribution in [0.1, 0.15) is 32.1 Å². The topological polar surface area (TPSA) is 94.5 Å². The quantitative estimate of drug-likeness (QED) is 0.578. The van der Waals surface area contributed by atoms with Crippen LogP contribution in [0.5, 0.6) is 0 Å². The minimum Gasteiger partial charge on any atom is -0.382 e. The molecule has 0 aliphatic heterocycles. The van der Waals surface area contributed by atoms with Gasteiger partial charge in [0.15, 0.2) is 0 Å². The zero-order chi connectivity index (χ0) is 19.6. The lowest BCUT2D eigenvalue weighted by Crippen LogP contribution is -2.33. The molecule has 8 nitrogen and oxygen atoms in total. The Morgan fingerprint density at radius 3 is 2.78 bits per heavy atom. The standard InChI is InChI=1S/C19H28N4O4/c1-4-27-11-7-10-20-17(24)12-23-16-9-6-5-8-15(16)22-19(23)14(2)21-18(25)13-26-3/h5-6,8-9,14H,4,7,10-13H2,1-3H3,(H,20,24)(H,21,25). The van der Waals surface area contributed by atoms with Gasteiger partial charge in [-0.2, -0.15) is 0 Å². The second-order valence-electron chi connectivity index (χ2n) is 6.17. The smallest absolute Gasteiger partial charge is 0.246 e. The second kappa shape index (κ2) is 10.6. The Balaban J connectivity index is 2.11. The van der Waals surface area contributed by atoms with Crippen LogP contribution in [0.15, 0.2) is 24.3 Å². The van der Waals surface area contributed by atoms with Gasteiger partial charge < -0.3 is 24.7 Å². The Labute approximate surface area is 159 Å². The molecule has 2 aromatic rings. The molecule has 1 heterocycles. The first-order valence-electron chi connectivity index (χ1n) is 9.14. The summed E-state index contributed by atoms with van der Waals surface area (Å²) in [5.74, 6) is 0.292. The highest BCUT2D eigenvalue weighted by atomic mass is 16.5. The summed E-state index contributed by atoms with van der Waals surface area (Å²) in [7, 11) is 1.47. The zero-order valence-electron chi connectivity index (χ0n) is 16.2. The molecule has 1 atom stereocenters. The Kier molecular flexibility index (Phi) is 8.22. The summed E-state index contributed by atoms with van der Waals surface area (Å²) in [6.45, 7) is 5.74. The summed E-state index contributed by atoms with van der Waals surface area (Å²) in [5, 5.41) is 5.74. The highest BCUT2D eigenvalue weighted by molar-refractivity contribution is 5.81. The number of para-hydroxylation sites is 2. The van der Waals surface area contributed by atoms with Gasteiger partial charge in [0.05, 0.1) is 17.1 Å². The summed E-state index contributed by atoms with van der Waals surface area (Å²) in [5.41, 5.74) is 1.63. The fourth-order valence-electron chi connectivity index (χ4n) is 2.82. The van der Waals surface area contributed by atoms with Crippen LogP contribution in [0, 0.1) is 0 Å². The maximum Gasteiger partial charge on any atom is 0.246 e. The number of hydrogen-bond donors (Lipinski definition) is 2. The van der Waals surface area contributed by atoms with Crippen molar-refractivity contribution in [2.24, 2.45) is 0 Å². The van der Waals surface area contributed by atoms with Crippen LogP contribution < -0.4 is 10.6 Å². The summed E-state index contributed by atoms with van der Waals surface area (Å²) in [4.78, 5) is 28.8. The van der Waals surface area contributed by atoms with Crippen LogP contribution in [0.2, 0.25) is 0 Å². The number of rotatable bonds is 11. The number of hydrogen-bond acceptors (Lipinski definition) is 5. The number of carbonyl (C=O) groups is 2. The third-order valence-corrected chi connectivity index (χ3v) is 4.02. The molecule has 0 bridgehead atoms. The van der Waals surface area contributed by atoms with Crippen LogP contribution in [0.4, 0.5) is 0 Å². The lowest BCUT2D eigenvalue weighted by atomic mass is 10.3. The lowest BCUT2D eigenvalue weighted by molar-refractivity contribution is -0.125. The Hall–Kier alpha value is -2.45. The Bertz CT molecular complexity index is 759. The molecule has 0 spiro atoms. The molecular formula is C19H28N4O4. The van der Waals surface area contributed by atoms with Gasteiger partial charge in [-0.05, 0) is 32.4 Å². The number of methoxy groups -OCH3 is 1. The fourth-order valence-corrected chi connectivity index (χ4v) is 2.82. The third kappa shape index (κ3) is 6.04. The van der Waals surface area contributed by atoms with E-state index in [0.717, 1.165) is 17.5 Å². The van der Waals surface area contributed by atoms with Gasteiger partial charge in [-0.25, -0.2) is 4.98 Å². The van der Waals surface area contributed by atoms with Crippen LogP contribution in [-0.2, 0) is 25.6 Å². The first kappa shape index (κ1) is 20.9. The minimum absolute atomic E-state index is 0.0229. The van der Waals surface area contributed by atoms with Crippen molar-refractivity contribution in [1.29, 1.82) is 0 Å². The van der Waals surface area contributed by atoms with Gasteiger partial charge >= 0.3 is 0 Å². The Morgan fingerprint density at radius 1 is 1.26 bits per heavy atom. The van der Waals surface area contributed by atoms with E-state index in [0.29, 0.717) is 25.6 Å². The molecule has 0 radical (unpaired) electrons. The molecule has 27 heavy (non-hydrogen) atoms. The number of carbonyl (C=O) groups excluding carboxylic acids is 2. The van der Waals surface area contributed by atoms with Crippen LogP contribution in [0.25, 0.3) is 11.0 Å². The van der Waals surface area contributed by atoms with Gasteiger partial charge in [0.2, 0.25) is 11.8 Å². The molecule has 0 saturated heterocycles. The van der Waals surface area contributed by atoms with Crippen molar-refractivity contribution in [3.05, 3.63) is 30.1 Å². The molecule has 8 heteroatoms. The number of fused-ring (bicyclic) bond motifs is 1. The average molecular weight is 376 g/mol. The molecule has 0 fully saturated rings. The van der Waals surface area contributed by atoms with Crippen molar-refractivity contribution in [3.8, 4) is 0 Å². The highest BCUT2D eigenvalue weighted by Crippen LogP contribution is 2.20. The number of imidazole rings is 1. The fraction of sp³-hybridized carbons (Fsp3) is 0.526. The van der Waals surface area contributed by atoms with E-state index in [1.165, 1.54) is 7.11 Å². The van der Waals surface area contributed by atoms with Gasteiger partial charge in [0.25, 0.3) is 0 Å². The molecule has 0 aliphatic rings. The van der Waals surface area contributed by atoms with Crippen LogP contribution in [-0.4, -0.2) is 54.8 Å². The van der Waals surface area contributed by atoms with Crippen molar-refractivity contribution in [3.63, 3.8) is 0 Å². The summed E-state index contributed by atoms with van der Waals surface area (Å²) < 4.78 is 12.0. The van der Waals surface area contributed by atoms with E-state index in [-0.39, 0.29) is 31.0 Å². The number of nitrogens with one attached hydrogen (secondary N) is 2. The molecule has 2 N–H and O–H groups in total. The van der Waals surface area contributed by atoms with Crippen molar-refractivity contribution >= 4 is 22.8 Å². The molecule has 0 aliphatic carbocycles. The van der Waals surface area contributed by atoms with Gasteiger partial charge in [0, 0.05) is 26.9 Å². The summed E-state index contributed by atoms with van der Waals surface area (Å²) >= 11 is 0. The average Bonchev–Trinajstić information content (AvgIpc) is 3.00. The highest BCUT2D eigenvalue weighted by Gasteiger charge is 2.19. The lowest BCUT2D eigenvalue weighted by Gasteiger charge is -2.16. The third-order valence-electron chi connectivity index (χ3n) is 4.02. The van der Waals surface area contributed by atoms with E-state index in [1.54, 1.807) is 0 Å². The van der Waals surface area contributed by atoms with E-state index >= 15 is 0 Å². The number of nitrogens with zero attached hydrogens (tertiary/aromatic N) is 2. The molecule has 148 valence electrons. The molecule has 1 aromatic heterocycles. The number of benzene rings is 1. The van der Waals surface area contributed by atoms with E-state index in [2.05, 4.69) is 15.6 Å². The predicted molar refractivity (Wildman–Crippen MR) is 102 cm³/mol. The van der Waals surface area contributed by atoms with Crippen LogP contribution >= 0.6 is 0 Å². The summed E-state index contributed by atoms with van der Waals surface area (Å²) in [6, 6.07) is 7.24. The number of aromatic nitrogens is 2. The first-order chi connectivity index (χ1) is 13.1. The normalized spacial score (nSPS) is 12.1. The maximum atomic E-state index is 12.4. The summed E-state index contributed by atoms with van der Waals surface area (Å²) in [6.07, 6.45) is 0.764. The molecule has 2 amide bonds. The second-order valence-corrected chi connectivity index (χ2v) is 6.17. The van der Waals surface area contributed by atoms with Gasteiger partial charge in [-0.15, -0.1) is 0 Å².